The lowest BCUT2D eigenvalue weighted by atomic mass is 10.00. The van der Waals surface area contributed by atoms with E-state index >= 15 is 0 Å². The topological polar surface area (TPSA) is 75.3 Å². The van der Waals surface area contributed by atoms with Crippen LogP contribution in [0, 0.1) is 5.92 Å². The molecule has 0 aliphatic carbocycles. The molecule has 0 saturated carbocycles. The van der Waals surface area contributed by atoms with Crippen LogP contribution in [0.4, 0.5) is 11.4 Å². The Labute approximate surface area is 115 Å². The highest BCUT2D eigenvalue weighted by Gasteiger charge is 2.09. The molecule has 4 nitrogen and oxygen atoms in total. The summed E-state index contributed by atoms with van der Waals surface area (Å²) < 4.78 is 0. The number of aliphatic hydroxyl groups excluding tert-OH is 1. The van der Waals surface area contributed by atoms with Crippen molar-refractivity contribution in [2.75, 3.05) is 24.2 Å². The fourth-order valence-corrected chi connectivity index (χ4v) is 2.17. The second-order valence-corrected chi connectivity index (χ2v) is 4.91. The molecule has 0 spiro atoms. The van der Waals surface area contributed by atoms with Crippen molar-refractivity contribution in [1.82, 2.24) is 0 Å². The van der Waals surface area contributed by atoms with E-state index in [-0.39, 0.29) is 12.4 Å². The van der Waals surface area contributed by atoms with Crippen LogP contribution in [0.3, 0.4) is 0 Å². The summed E-state index contributed by atoms with van der Waals surface area (Å²) in [6, 6.07) is 5.42. The molecule has 0 aliphatic rings. The summed E-state index contributed by atoms with van der Waals surface area (Å²) in [6.07, 6.45) is 2.99. The highest BCUT2D eigenvalue weighted by atomic mass is 16.3. The molecule has 1 aromatic carbocycles. The van der Waals surface area contributed by atoms with Crippen molar-refractivity contribution in [3.8, 4) is 0 Å². The Balaban J connectivity index is 2.66. The number of rotatable bonds is 8. The van der Waals surface area contributed by atoms with Crippen molar-refractivity contribution in [3.63, 3.8) is 0 Å². The number of nitrogens with two attached hydrogens (primary N) is 1. The van der Waals surface area contributed by atoms with Crippen molar-refractivity contribution >= 4 is 17.2 Å². The first kappa shape index (κ1) is 15.5. The number of aliphatic hydroxyl groups is 1. The van der Waals surface area contributed by atoms with Crippen LogP contribution in [0.2, 0.25) is 0 Å². The van der Waals surface area contributed by atoms with Gasteiger partial charge in [0.15, 0.2) is 5.78 Å². The van der Waals surface area contributed by atoms with Crippen molar-refractivity contribution in [2.24, 2.45) is 5.92 Å². The van der Waals surface area contributed by atoms with Crippen molar-refractivity contribution in [2.45, 2.75) is 33.1 Å². The number of hydrogen-bond acceptors (Lipinski definition) is 4. The minimum absolute atomic E-state index is 0.0263. The molecule has 1 aromatic rings. The highest BCUT2D eigenvalue weighted by molar-refractivity contribution is 5.99. The predicted octanol–water partition coefficient (Wildman–Crippen LogP) is 2.68. The van der Waals surface area contributed by atoms with E-state index in [0.717, 1.165) is 31.5 Å². The molecule has 0 amide bonds. The molecular formula is C15H24N2O2. The molecule has 1 rings (SSSR count). The van der Waals surface area contributed by atoms with Gasteiger partial charge in [0.1, 0.15) is 0 Å². The van der Waals surface area contributed by atoms with E-state index in [2.05, 4.69) is 12.2 Å². The first-order valence-electron chi connectivity index (χ1n) is 6.83. The van der Waals surface area contributed by atoms with Gasteiger partial charge in [0.2, 0.25) is 0 Å². The average molecular weight is 264 g/mol. The molecule has 19 heavy (non-hydrogen) atoms. The standard InChI is InChI=1S/C15H24N2O2/c1-3-4-12(7-8-18)10-17-13-5-6-15(16)14(9-13)11(2)19/h5-6,9,12,17-18H,3-4,7-8,10,16H2,1-2H3. The monoisotopic (exact) mass is 264 g/mol. The molecule has 0 radical (unpaired) electrons. The second kappa shape index (κ2) is 7.79. The zero-order chi connectivity index (χ0) is 14.3. The van der Waals surface area contributed by atoms with Gasteiger partial charge in [-0.25, -0.2) is 0 Å². The normalized spacial score (nSPS) is 12.2. The average Bonchev–Trinajstić information content (AvgIpc) is 2.37. The summed E-state index contributed by atoms with van der Waals surface area (Å²) in [5.41, 5.74) is 7.73. The predicted molar refractivity (Wildman–Crippen MR) is 79.4 cm³/mol. The van der Waals surface area contributed by atoms with Crippen LogP contribution < -0.4 is 11.1 Å². The summed E-state index contributed by atoms with van der Waals surface area (Å²) in [6.45, 7) is 4.67. The van der Waals surface area contributed by atoms with Gasteiger partial charge >= 0.3 is 0 Å². The quantitative estimate of drug-likeness (QED) is 0.498. The number of anilines is 2. The van der Waals surface area contributed by atoms with E-state index in [1.807, 2.05) is 6.07 Å². The molecule has 0 bridgehead atoms. The zero-order valence-corrected chi connectivity index (χ0v) is 11.8. The number of carbonyl (C=O) groups is 1. The van der Waals surface area contributed by atoms with Crippen LogP contribution in [0.1, 0.15) is 43.5 Å². The Kier molecular flexibility index (Phi) is 6.36. The molecule has 0 fully saturated rings. The van der Waals surface area contributed by atoms with Crippen molar-refractivity contribution in [3.05, 3.63) is 23.8 Å². The van der Waals surface area contributed by atoms with Gasteiger partial charge in [0.05, 0.1) is 0 Å². The summed E-state index contributed by atoms with van der Waals surface area (Å²) in [7, 11) is 0. The molecule has 0 aromatic heterocycles. The largest absolute Gasteiger partial charge is 0.398 e. The Morgan fingerprint density at radius 3 is 2.74 bits per heavy atom. The van der Waals surface area contributed by atoms with Crippen LogP contribution in [0.5, 0.6) is 0 Å². The summed E-state index contributed by atoms with van der Waals surface area (Å²) in [4.78, 5) is 11.4. The molecule has 4 heteroatoms. The SMILES string of the molecule is CCCC(CCO)CNc1ccc(N)c(C(C)=O)c1. The lowest BCUT2D eigenvalue weighted by Crippen LogP contribution is -2.16. The fraction of sp³-hybridized carbons (Fsp3) is 0.533. The third kappa shape index (κ3) is 4.91. The van der Waals surface area contributed by atoms with Gasteiger partial charge < -0.3 is 16.2 Å². The molecule has 4 N–H and O–H groups in total. The van der Waals surface area contributed by atoms with Gasteiger partial charge in [0.25, 0.3) is 0 Å². The molecule has 0 heterocycles. The number of carbonyl (C=O) groups excluding carboxylic acids is 1. The number of hydrogen-bond donors (Lipinski definition) is 3. The summed E-state index contributed by atoms with van der Waals surface area (Å²) in [5.74, 6) is 0.426. The van der Waals surface area contributed by atoms with E-state index in [9.17, 15) is 4.79 Å². The first-order valence-corrected chi connectivity index (χ1v) is 6.83. The summed E-state index contributed by atoms with van der Waals surface area (Å²) in [5, 5.41) is 12.3. The smallest absolute Gasteiger partial charge is 0.161 e. The number of ketones is 1. The van der Waals surface area contributed by atoms with E-state index < -0.39 is 0 Å². The Morgan fingerprint density at radius 2 is 2.16 bits per heavy atom. The van der Waals surface area contributed by atoms with Crippen LogP contribution >= 0.6 is 0 Å². The van der Waals surface area contributed by atoms with E-state index in [1.54, 1.807) is 12.1 Å². The van der Waals surface area contributed by atoms with Crippen LogP contribution in [0.25, 0.3) is 0 Å². The molecular weight excluding hydrogens is 240 g/mol. The van der Waals surface area contributed by atoms with Crippen molar-refractivity contribution in [1.29, 1.82) is 0 Å². The van der Waals surface area contributed by atoms with E-state index in [1.165, 1.54) is 6.92 Å². The second-order valence-electron chi connectivity index (χ2n) is 4.91. The number of benzene rings is 1. The van der Waals surface area contributed by atoms with Crippen molar-refractivity contribution < 1.29 is 9.90 Å². The van der Waals surface area contributed by atoms with Gasteiger partial charge in [-0.1, -0.05) is 13.3 Å². The van der Waals surface area contributed by atoms with Gasteiger partial charge in [-0.15, -0.1) is 0 Å². The van der Waals surface area contributed by atoms with E-state index in [0.29, 0.717) is 17.2 Å². The van der Waals surface area contributed by atoms with Gasteiger partial charge in [0, 0.05) is 30.1 Å². The third-order valence-electron chi connectivity index (χ3n) is 3.26. The zero-order valence-electron chi connectivity index (χ0n) is 11.8. The number of nitrogen functional groups attached to an aromatic ring is 1. The number of Topliss-reactive ketones (excluding diaryl/α,β-unsaturated/α-hetero) is 1. The Hall–Kier alpha value is -1.55. The molecule has 0 saturated heterocycles. The Morgan fingerprint density at radius 1 is 1.42 bits per heavy atom. The molecule has 106 valence electrons. The number of nitrogens with one attached hydrogen (secondary N) is 1. The third-order valence-corrected chi connectivity index (χ3v) is 3.26. The molecule has 0 aliphatic heterocycles. The van der Waals surface area contributed by atoms with E-state index in [4.69, 9.17) is 10.8 Å². The minimum atomic E-state index is -0.0263. The minimum Gasteiger partial charge on any atom is -0.398 e. The Bertz CT molecular complexity index is 413. The fourth-order valence-electron chi connectivity index (χ4n) is 2.17. The van der Waals surface area contributed by atoms with Gasteiger partial charge in [-0.3, -0.25) is 4.79 Å². The lowest BCUT2D eigenvalue weighted by molar-refractivity contribution is 0.101. The van der Waals surface area contributed by atoms with Crippen LogP contribution in [-0.2, 0) is 0 Å². The molecule has 1 atom stereocenters. The van der Waals surface area contributed by atoms with Gasteiger partial charge in [-0.05, 0) is 43.9 Å². The van der Waals surface area contributed by atoms with Crippen LogP contribution in [0.15, 0.2) is 18.2 Å². The summed E-state index contributed by atoms with van der Waals surface area (Å²) >= 11 is 0. The van der Waals surface area contributed by atoms with Crippen LogP contribution in [-0.4, -0.2) is 24.0 Å². The first-order chi connectivity index (χ1) is 9.08. The maximum atomic E-state index is 11.4. The van der Waals surface area contributed by atoms with Gasteiger partial charge in [-0.2, -0.15) is 0 Å². The highest BCUT2D eigenvalue weighted by Crippen LogP contribution is 2.19. The molecule has 1 unspecified atom stereocenters. The maximum Gasteiger partial charge on any atom is 0.161 e. The maximum absolute atomic E-state index is 11.4. The lowest BCUT2D eigenvalue weighted by Gasteiger charge is -2.17.